The lowest BCUT2D eigenvalue weighted by molar-refractivity contribution is -0.445. The highest BCUT2D eigenvalue weighted by Crippen LogP contribution is 2.10. The van der Waals surface area contributed by atoms with Crippen LogP contribution >= 0.6 is 11.8 Å². The fraction of sp³-hybridized carbons (Fsp3) is 0.474. The van der Waals surface area contributed by atoms with E-state index < -0.39 is 4.92 Å². The van der Waals surface area contributed by atoms with E-state index in [-0.39, 0.29) is 50.6 Å². The Labute approximate surface area is 186 Å². The van der Waals surface area contributed by atoms with Crippen LogP contribution < -0.4 is 16.0 Å². The van der Waals surface area contributed by atoms with Crippen molar-refractivity contribution in [1.82, 2.24) is 20.9 Å². The number of carbonyl (C=O) groups excluding carboxylic acids is 3. The van der Waals surface area contributed by atoms with E-state index in [4.69, 9.17) is 21.3 Å². The monoisotopic (exact) mass is 455 g/mol. The molecule has 0 aliphatic heterocycles. The number of nitro groups is 1. The number of pyridine rings is 1. The largest absolute Gasteiger partial charge is 0.362 e. The molecule has 172 valence electrons. The molecule has 0 saturated carbocycles. The van der Waals surface area contributed by atoms with Gasteiger partial charge >= 0.3 is 0 Å². The van der Waals surface area contributed by atoms with Crippen LogP contribution in [0.4, 0.5) is 0 Å². The van der Waals surface area contributed by atoms with Crippen LogP contribution in [0.5, 0.6) is 0 Å². The average molecular weight is 456 g/mol. The molecular weight excluding hydrogens is 426 g/mol. The maximum Gasteiger partial charge on any atom is 0.252 e. The molecule has 1 aromatic rings. The number of nitrogens with one attached hydrogen (secondary N) is 3. The standard InChI is InChI=1S/C16H20N4O4S.C2H6.CH3NO2/c1-3-6-17-13(21)10-24-11-14(22)18-7-8-19-16(23)12-4-5-15(25-2)20-9-12;1-2;1-2(3)4/h1,4-5,9H,6-8,10-11H2,2H3,(H,17,21)(H,18,22)(H,19,23);1-2H3;1H3. The normalized spacial score (nSPS) is 8.87. The van der Waals surface area contributed by atoms with E-state index in [2.05, 4.69) is 26.9 Å². The summed E-state index contributed by atoms with van der Waals surface area (Å²) in [6.07, 6.45) is 8.39. The van der Waals surface area contributed by atoms with Crippen molar-refractivity contribution in [3.8, 4) is 12.3 Å². The lowest BCUT2D eigenvalue weighted by Gasteiger charge is -2.08. The van der Waals surface area contributed by atoms with Crippen LogP contribution in [-0.4, -0.2) is 73.8 Å². The first-order chi connectivity index (χ1) is 14.8. The molecule has 0 aliphatic carbocycles. The molecule has 0 spiro atoms. The SMILES string of the molecule is C#CCNC(=O)COCC(=O)NCCNC(=O)c1ccc(SC)nc1.CC.C[N+](=O)[O-]. The summed E-state index contributed by atoms with van der Waals surface area (Å²) in [5, 5.41) is 17.3. The first-order valence-corrected chi connectivity index (χ1v) is 10.4. The van der Waals surface area contributed by atoms with Gasteiger partial charge < -0.3 is 20.7 Å². The molecule has 1 rings (SSSR count). The Morgan fingerprint density at radius 2 is 1.71 bits per heavy atom. The van der Waals surface area contributed by atoms with Gasteiger partial charge in [-0.25, -0.2) is 4.98 Å². The van der Waals surface area contributed by atoms with Crippen LogP contribution in [0.3, 0.4) is 0 Å². The van der Waals surface area contributed by atoms with Gasteiger partial charge in [-0.1, -0.05) is 19.8 Å². The number of carbonyl (C=O) groups is 3. The quantitative estimate of drug-likeness (QED) is 0.150. The second-order valence-corrected chi connectivity index (χ2v) is 5.93. The predicted octanol–water partition coefficient (Wildman–Crippen LogP) is 0.335. The van der Waals surface area contributed by atoms with Gasteiger partial charge in [0.1, 0.15) is 13.2 Å². The molecule has 31 heavy (non-hydrogen) atoms. The third-order valence-corrected chi connectivity index (χ3v) is 3.45. The van der Waals surface area contributed by atoms with Crippen LogP contribution in [0.25, 0.3) is 0 Å². The third-order valence-electron chi connectivity index (χ3n) is 2.79. The second kappa shape index (κ2) is 20.1. The van der Waals surface area contributed by atoms with E-state index >= 15 is 0 Å². The zero-order chi connectivity index (χ0) is 24.1. The summed E-state index contributed by atoms with van der Waals surface area (Å²) < 4.78 is 4.93. The van der Waals surface area contributed by atoms with E-state index in [0.29, 0.717) is 5.56 Å². The number of hydrogen-bond acceptors (Lipinski definition) is 8. The van der Waals surface area contributed by atoms with Crippen LogP contribution in [0, 0.1) is 22.5 Å². The van der Waals surface area contributed by atoms with Gasteiger partial charge in [0.25, 0.3) is 5.91 Å². The van der Waals surface area contributed by atoms with Crippen LogP contribution in [0.2, 0.25) is 0 Å². The number of ether oxygens (including phenoxy) is 1. The summed E-state index contributed by atoms with van der Waals surface area (Å²) in [4.78, 5) is 47.0. The highest BCUT2D eigenvalue weighted by molar-refractivity contribution is 7.98. The minimum absolute atomic E-state index is 0.115. The van der Waals surface area contributed by atoms with E-state index in [9.17, 15) is 14.4 Å². The smallest absolute Gasteiger partial charge is 0.252 e. The van der Waals surface area contributed by atoms with Crippen molar-refractivity contribution in [2.45, 2.75) is 18.9 Å². The molecule has 0 bridgehead atoms. The van der Waals surface area contributed by atoms with Crippen LogP contribution in [0.1, 0.15) is 24.2 Å². The second-order valence-electron chi connectivity index (χ2n) is 5.11. The predicted molar refractivity (Wildman–Crippen MR) is 118 cm³/mol. The third kappa shape index (κ3) is 18.6. The summed E-state index contributed by atoms with van der Waals surface area (Å²) >= 11 is 1.49. The van der Waals surface area contributed by atoms with Crippen molar-refractivity contribution >= 4 is 29.5 Å². The van der Waals surface area contributed by atoms with Crippen molar-refractivity contribution in [2.75, 3.05) is 46.2 Å². The first-order valence-electron chi connectivity index (χ1n) is 9.21. The van der Waals surface area contributed by atoms with Crippen molar-refractivity contribution in [3.05, 3.63) is 34.0 Å². The minimum Gasteiger partial charge on any atom is -0.362 e. The van der Waals surface area contributed by atoms with E-state index in [1.165, 1.54) is 18.0 Å². The summed E-state index contributed by atoms with van der Waals surface area (Å²) in [6.45, 7) is 4.12. The highest BCUT2D eigenvalue weighted by atomic mass is 32.2. The van der Waals surface area contributed by atoms with E-state index in [0.717, 1.165) is 12.1 Å². The zero-order valence-electron chi connectivity index (χ0n) is 18.1. The number of nitrogens with zero attached hydrogens (tertiary/aromatic N) is 2. The van der Waals surface area contributed by atoms with Gasteiger partial charge in [-0.2, -0.15) is 0 Å². The van der Waals surface area contributed by atoms with Crippen molar-refractivity contribution < 1.29 is 24.0 Å². The molecule has 1 heterocycles. The lowest BCUT2D eigenvalue weighted by Crippen LogP contribution is -2.37. The van der Waals surface area contributed by atoms with Gasteiger partial charge in [-0.3, -0.25) is 24.5 Å². The molecule has 0 atom stereocenters. The fourth-order valence-electron chi connectivity index (χ4n) is 1.60. The van der Waals surface area contributed by atoms with Gasteiger partial charge in [0.05, 0.1) is 17.1 Å². The van der Waals surface area contributed by atoms with Crippen molar-refractivity contribution in [2.24, 2.45) is 0 Å². The maximum absolute atomic E-state index is 11.9. The van der Waals surface area contributed by atoms with Crippen LogP contribution in [0.15, 0.2) is 23.4 Å². The molecule has 3 amide bonds. The fourth-order valence-corrected chi connectivity index (χ4v) is 1.97. The number of rotatable bonds is 10. The maximum atomic E-state index is 11.9. The Morgan fingerprint density at radius 1 is 1.16 bits per heavy atom. The Bertz CT molecular complexity index is 717. The summed E-state index contributed by atoms with van der Waals surface area (Å²) in [7, 11) is 0.889. The Hall–Kier alpha value is -3.17. The minimum atomic E-state index is -0.500. The molecule has 12 heteroatoms. The van der Waals surface area contributed by atoms with Crippen LogP contribution in [-0.2, 0) is 14.3 Å². The van der Waals surface area contributed by atoms with E-state index in [1.807, 2.05) is 20.1 Å². The number of thioether (sulfide) groups is 1. The average Bonchev–Trinajstić information content (AvgIpc) is 2.76. The molecule has 0 aromatic carbocycles. The lowest BCUT2D eigenvalue weighted by atomic mass is 10.3. The van der Waals surface area contributed by atoms with Gasteiger partial charge in [0.2, 0.25) is 11.8 Å². The molecular formula is C19H29N5O6S. The summed E-state index contributed by atoms with van der Waals surface area (Å²) in [5.41, 5.74) is 0.449. The van der Waals surface area contributed by atoms with Crippen molar-refractivity contribution in [1.29, 1.82) is 0 Å². The first kappa shape index (κ1) is 30.0. The van der Waals surface area contributed by atoms with E-state index in [1.54, 1.807) is 12.1 Å². The van der Waals surface area contributed by atoms with Gasteiger partial charge in [0, 0.05) is 24.2 Å². The summed E-state index contributed by atoms with van der Waals surface area (Å²) in [5.74, 6) is 1.21. The Kier molecular flexibility index (Phi) is 19.5. The summed E-state index contributed by atoms with van der Waals surface area (Å²) in [6, 6.07) is 3.45. The van der Waals surface area contributed by atoms with Crippen molar-refractivity contribution in [3.63, 3.8) is 0 Å². The molecule has 11 nitrogen and oxygen atoms in total. The van der Waals surface area contributed by atoms with Gasteiger partial charge in [-0.05, 0) is 18.4 Å². The number of hydrogen-bond donors (Lipinski definition) is 3. The number of aromatic nitrogens is 1. The zero-order valence-corrected chi connectivity index (χ0v) is 18.9. The van der Waals surface area contributed by atoms with Gasteiger partial charge in [0.15, 0.2) is 7.05 Å². The topological polar surface area (TPSA) is 153 Å². The number of terminal acetylenes is 1. The molecule has 3 N–H and O–H groups in total. The molecule has 0 aliphatic rings. The Morgan fingerprint density at radius 3 is 2.19 bits per heavy atom. The molecule has 0 radical (unpaired) electrons. The molecule has 0 saturated heterocycles. The molecule has 0 fully saturated rings. The molecule has 1 aromatic heterocycles. The molecule has 0 unspecified atom stereocenters. The highest BCUT2D eigenvalue weighted by Gasteiger charge is 2.07. The number of amides is 3. The van der Waals surface area contributed by atoms with Gasteiger partial charge in [-0.15, -0.1) is 18.2 Å². The Balaban J connectivity index is 0.